The van der Waals surface area contributed by atoms with Crippen LogP contribution in [0.5, 0.6) is 0 Å². The molecule has 6 nitrogen and oxygen atoms in total. The molecule has 2 aromatic heterocycles. The van der Waals surface area contributed by atoms with Gasteiger partial charge in [0.25, 0.3) is 0 Å². The number of hydrogen-bond acceptors (Lipinski definition) is 6. The molecule has 0 bridgehead atoms. The Bertz CT molecular complexity index is 1500. The van der Waals surface area contributed by atoms with E-state index in [0.717, 1.165) is 11.1 Å². The molecule has 1 atom stereocenters. The topological polar surface area (TPSA) is 67.6 Å². The predicted octanol–water partition coefficient (Wildman–Crippen LogP) is 6.62. The molecule has 1 aliphatic rings. The fourth-order valence-electron chi connectivity index (χ4n) is 4.47. The van der Waals surface area contributed by atoms with Crippen LogP contribution in [0.1, 0.15) is 24.1 Å². The summed E-state index contributed by atoms with van der Waals surface area (Å²) in [5, 5.41) is 4.72. The van der Waals surface area contributed by atoms with E-state index in [9.17, 15) is 9.18 Å². The molecule has 4 aromatic rings. The van der Waals surface area contributed by atoms with Crippen molar-refractivity contribution in [2.75, 3.05) is 36.5 Å². The highest BCUT2D eigenvalue weighted by atomic mass is 35.5. The van der Waals surface area contributed by atoms with E-state index in [1.807, 2.05) is 30.9 Å². The first kappa shape index (κ1) is 24.6. The van der Waals surface area contributed by atoms with Crippen LogP contribution in [0.2, 0.25) is 10.0 Å². The highest BCUT2D eigenvalue weighted by Crippen LogP contribution is 2.36. The molecule has 3 heterocycles. The second-order valence-electron chi connectivity index (χ2n) is 8.83. The summed E-state index contributed by atoms with van der Waals surface area (Å²) >= 11 is 12.4. The van der Waals surface area contributed by atoms with Gasteiger partial charge in [-0.15, -0.1) is 0 Å². The Balaban J connectivity index is 1.58. The van der Waals surface area contributed by atoms with Gasteiger partial charge in [-0.2, -0.15) is 4.39 Å². The number of nitrogens with one attached hydrogen (secondary N) is 1. The van der Waals surface area contributed by atoms with Crippen LogP contribution in [0, 0.1) is 12.9 Å². The van der Waals surface area contributed by atoms with Gasteiger partial charge in [0.15, 0.2) is 11.3 Å². The number of pyridine rings is 1. The van der Waals surface area contributed by atoms with Crippen molar-refractivity contribution in [3.63, 3.8) is 0 Å². The molecule has 1 unspecified atom stereocenters. The maximum absolute atomic E-state index is 14.7. The van der Waals surface area contributed by atoms with Crippen molar-refractivity contribution >= 4 is 45.7 Å². The number of aryl methyl sites for hydroxylation is 1. The Morgan fingerprint density at radius 2 is 1.81 bits per heavy atom. The zero-order valence-electron chi connectivity index (χ0n) is 19.8. The van der Waals surface area contributed by atoms with Crippen LogP contribution in [0.25, 0.3) is 22.1 Å². The first-order valence-corrected chi connectivity index (χ1v) is 12.3. The van der Waals surface area contributed by atoms with Crippen LogP contribution >= 0.6 is 23.2 Å². The highest BCUT2D eigenvalue weighted by Gasteiger charge is 2.21. The lowest BCUT2D eigenvalue weighted by molar-refractivity contribution is 0.121. The highest BCUT2D eigenvalue weighted by molar-refractivity contribution is 6.31. The van der Waals surface area contributed by atoms with Gasteiger partial charge in [0.1, 0.15) is 5.58 Å². The van der Waals surface area contributed by atoms with Crippen LogP contribution in [0.3, 0.4) is 0 Å². The Morgan fingerprint density at radius 1 is 1.06 bits per heavy atom. The summed E-state index contributed by atoms with van der Waals surface area (Å²) < 4.78 is 26.4. The molecule has 2 aromatic carbocycles. The molecule has 36 heavy (non-hydrogen) atoms. The molecule has 0 saturated carbocycles. The molecule has 5 rings (SSSR count). The lowest BCUT2D eigenvalue weighted by atomic mass is 9.99. The number of ether oxygens (including phenoxy) is 1. The first-order chi connectivity index (χ1) is 17.3. The van der Waals surface area contributed by atoms with Crippen molar-refractivity contribution in [1.29, 1.82) is 0 Å². The van der Waals surface area contributed by atoms with Crippen LogP contribution in [-0.2, 0) is 4.74 Å². The Hall–Kier alpha value is -3.13. The van der Waals surface area contributed by atoms with Crippen LogP contribution < -0.4 is 15.6 Å². The van der Waals surface area contributed by atoms with Gasteiger partial charge >= 0.3 is 0 Å². The van der Waals surface area contributed by atoms with Gasteiger partial charge in [-0.3, -0.25) is 4.79 Å². The SMILES string of the molecule is Cc1cc(C(C)Nc2ccc(Cl)cc2-c2cc(Cl)cnc2F)c2oc(N3CCOCC3)cc(=O)c2c1. The standard InChI is InChI=1S/C27H24Cl2FN3O3/c1-15-9-19(26-22(10-15)24(34)13-25(36-26)33-5-7-35-8-6-33)16(2)32-23-4-3-17(28)11-20(23)21-12-18(29)14-31-27(21)30/h3-4,9-14,16,32H,5-8H2,1-2H3. The average Bonchev–Trinajstić information content (AvgIpc) is 2.87. The number of fused-ring (bicyclic) bond motifs is 1. The molecule has 0 aliphatic carbocycles. The molecular formula is C27H24Cl2FN3O3. The number of benzene rings is 2. The molecule has 9 heteroatoms. The molecule has 1 saturated heterocycles. The molecule has 0 spiro atoms. The third-order valence-electron chi connectivity index (χ3n) is 6.23. The van der Waals surface area contributed by atoms with Crippen molar-refractivity contribution in [1.82, 2.24) is 4.98 Å². The lowest BCUT2D eigenvalue weighted by Crippen LogP contribution is -2.36. The van der Waals surface area contributed by atoms with E-state index in [1.165, 1.54) is 12.3 Å². The molecule has 1 N–H and O–H groups in total. The minimum Gasteiger partial charge on any atom is -0.440 e. The lowest BCUT2D eigenvalue weighted by Gasteiger charge is -2.27. The number of aromatic nitrogens is 1. The number of anilines is 2. The maximum Gasteiger partial charge on any atom is 0.220 e. The molecule has 1 aliphatic heterocycles. The summed E-state index contributed by atoms with van der Waals surface area (Å²) in [6.45, 7) is 6.35. The van der Waals surface area contributed by atoms with E-state index in [-0.39, 0.29) is 17.0 Å². The van der Waals surface area contributed by atoms with Gasteiger partial charge in [0.2, 0.25) is 5.95 Å². The first-order valence-electron chi connectivity index (χ1n) is 11.6. The molecule has 186 valence electrons. The summed E-state index contributed by atoms with van der Waals surface area (Å²) in [5.41, 5.74) is 3.54. The van der Waals surface area contributed by atoms with Crippen molar-refractivity contribution in [3.05, 3.63) is 86.0 Å². The number of nitrogens with zero attached hydrogens (tertiary/aromatic N) is 2. The Kier molecular flexibility index (Phi) is 6.88. The molecule has 1 fully saturated rings. The van der Waals surface area contributed by atoms with Crippen molar-refractivity contribution in [2.24, 2.45) is 0 Å². The number of morpholine rings is 1. The quantitative estimate of drug-likeness (QED) is 0.294. The minimum atomic E-state index is -0.653. The van der Waals surface area contributed by atoms with Crippen LogP contribution in [0.4, 0.5) is 16.0 Å². The fourth-order valence-corrected chi connectivity index (χ4v) is 4.80. The summed E-state index contributed by atoms with van der Waals surface area (Å²) in [5.74, 6) is -0.133. The number of rotatable bonds is 5. The van der Waals surface area contributed by atoms with Gasteiger partial charge in [0.05, 0.1) is 29.7 Å². The maximum atomic E-state index is 14.7. The van der Waals surface area contributed by atoms with E-state index < -0.39 is 5.95 Å². The summed E-state index contributed by atoms with van der Waals surface area (Å²) in [4.78, 5) is 18.8. The third kappa shape index (κ3) is 4.91. The Morgan fingerprint density at radius 3 is 2.58 bits per heavy atom. The fraction of sp³-hybridized carbons (Fsp3) is 0.259. The summed E-state index contributed by atoms with van der Waals surface area (Å²) in [6.07, 6.45) is 1.26. The van der Waals surface area contributed by atoms with Gasteiger partial charge < -0.3 is 19.4 Å². The normalized spacial score (nSPS) is 14.8. The van der Waals surface area contributed by atoms with E-state index >= 15 is 0 Å². The van der Waals surface area contributed by atoms with Gasteiger partial charge in [0, 0.05) is 52.8 Å². The minimum absolute atomic E-state index is 0.103. The largest absolute Gasteiger partial charge is 0.440 e. The van der Waals surface area contributed by atoms with Gasteiger partial charge in [-0.25, -0.2) is 4.98 Å². The van der Waals surface area contributed by atoms with Crippen molar-refractivity contribution in [3.8, 4) is 11.1 Å². The van der Waals surface area contributed by atoms with Gasteiger partial charge in [-0.1, -0.05) is 29.3 Å². The summed E-state index contributed by atoms with van der Waals surface area (Å²) in [6, 6.07) is 11.7. The molecular weight excluding hydrogens is 504 g/mol. The van der Waals surface area contributed by atoms with Crippen LogP contribution in [-0.4, -0.2) is 31.3 Å². The Labute approximate surface area is 217 Å². The predicted molar refractivity (Wildman–Crippen MR) is 142 cm³/mol. The number of hydrogen-bond donors (Lipinski definition) is 1. The third-order valence-corrected chi connectivity index (χ3v) is 6.67. The van der Waals surface area contributed by atoms with Crippen molar-refractivity contribution < 1.29 is 13.5 Å². The van der Waals surface area contributed by atoms with Crippen molar-refractivity contribution in [2.45, 2.75) is 19.9 Å². The zero-order valence-corrected chi connectivity index (χ0v) is 21.3. The van der Waals surface area contributed by atoms with E-state index in [0.29, 0.717) is 64.5 Å². The van der Waals surface area contributed by atoms with E-state index in [2.05, 4.69) is 10.3 Å². The summed E-state index contributed by atoms with van der Waals surface area (Å²) in [7, 11) is 0. The zero-order chi connectivity index (χ0) is 25.4. The van der Waals surface area contributed by atoms with E-state index in [4.69, 9.17) is 32.4 Å². The average molecular weight is 528 g/mol. The van der Waals surface area contributed by atoms with E-state index in [1.54, 1.807) is 24.3 Å². The monoisotopic (exact) mass is 527 g/mol. The van der Waals surface area contributed by atoms with Crippen LogP contribution in [0.15, 0.2) is 57.9 Å². The second kappa shape index (κ2) is 10.1. The smallest absolute Gasteiger partial charge is 0.220 e. The second-order valence-corrected chi connectivity index (χ2v) is 9.70. The van der Waals surface area contributed by atoms with Gasteiger partial charge in [-0.05, 0) is 49.7 Å². The molecule has 0 amide bonds. The number of halogens is 3. The molecule has 0 radical (unpaired) electrons.